The number of rotatable bonds is 5. The van der Waals surface area contributed by atoms with Gasteiger partial charge in [-0.25, -0.2) is 14.4 Å². The average molecular weight is 462 g/mol. The molecule has 3 N–H and O–H groups in total. The molecule has 1 saturated heterocycles. The minimum atomic E-state index is -0.530. The van der Waals surface area contributed by atoms with Crippen LogP contribution in [0.3, 0.4) is 0 Å². The summed E-state index contributed by atoms with van der Waals surface area (Å²) in [5.74, 6) is 1.17. The number of primary amides is 1. The van der Waals surface area contributed by atoms with Gasteiger partial charge in [-0.2, -0.15) is 0 Å². The number of fused-ring (bicyclic) bond motifs is 1. The van der Waals surface area contributed by atoms with Crippen LogP contribution in [-0.4, -0.2) is 54.6 Å². The molecule has 10 heteroatoms. The molecule has 0 bridgehead atoms. The first-order chi connectivity index (χ1) is 15.5. The van der Waals surface area contributed by atoms with E-state index in [1.807, 2.05) is 6.07 Å². The molecular weight excluding hydrogens is 437 g/mol. The van der Waals surface area contributed by atoms with Crippen LogP contribution in [0.5, 0.6) is 11.5 Å². The normalized spacial score (nSPS) is 14.4. The van der Waals surface area contributed by atoms with Crippen molar-refractivity contribution in [2.45, 2.75) is 18.9 Å². The number of nitrogens with two attached hydrogens (primary N) is 1. The Balaban J connectivity index is 0.000000913. The smallest absolute Gasteiger partial charge is 0.204 e. The molecule has 3 aromatic rings. The Morgan fingerprint density at radius 1 is 1.25 bits per heavy atom. The van der Waals surface area contributed by atoms with Gasteiger partial charge in [-0.1, -0.05) is 17.7 Å². The monoisotopic (exact) mass is 461 g/mol. The highest BCUT2D eigenvalue weighted by Gasteiger charge is 2.21. The Hall–Kier alpha value is -3.17. The number of nitrogens with zero attached hydrogens (tertiary/aromatic N) is 3. The maximum Gasteiger partial charge on any atom is 0.204 e. The number of halogens is 2. The van der Waals surface area contributed by atoms with Crippen molar-refractivity contribution in [3.05, 3.63) is 47.5 Å². The van der Waals surface area contributed by atoms with Crippen LogP contribution in [0.1, 0.15) is 12.8 Å². The van der Waals surface area contributed by atoms with E-state index in [4.69, 9.17) is 25.9 Å². The van der Waals surface area contributed by atoms with E-state index in [9.17, 15) is 4.39 Å². The van der Waals surface area contributed by atoms with Gasteiger partial charge in [0.25, 0.3) is 0 Å². The third-order valence-corrected chi connectivity index (χ3v) is 5.38. The Bertz CT molecular complexity index is 1080. The van der Waals surface area contributed by atoms with Crippen molar-refractivity contribution in [3.63, 3.8) is 0 Å². The van der Waals surface area contributed by atoms with Gasteiger partial charge in [0.05, 0.1) is 23.3 Å². The summed E-state index contributed by atoms with van der Waals surface area (Å²) < 4.78 is 26.1. The molecule has 1 amide bonds. The number of amides is 1. The molecule has 32 heavy (non-hydrogen) atoms. The Labute approximate surface area is 190 Å². The summed E-state index contributed by atoms with van der Waals surface area (Å²) in [6, 6.07) is 8.43. The number of piperidine rings is 1. The van der Waals surface area contributed by atoms with Gasteiger partial charge < -0.3 is 25.4 Å². The van der Waals surface area contributed by atoms with Gasteiger partial charge in [0.2, 0.25) is 6.41 Å². The van der Waals surface area contributed by atoms with Crippen LogP contribution in [0, 0.1) is 5.82 Å². The van der Waals surface area contributed by atoms with E-state index in [0.717, 1.165) is 25.9 Å². The molecule has 1 aliphatic rings. The van der Waals surface area contributed by atoms with E-state index in [1.54, 1.807) is 25.3 Å². The quantitative estimate of drug-likeness (QED) is 0.558. The van der Waals surface area contributed by atoms with Gasteiger partial charge >= 0.3 is 0 Å². The fourth-order valence-corrected chi connectivity index (χ4v) is 3.60. The predicted molar refractivity (Wildman–Crippen MR) is 122 cm³/mol. The third-order valence-electron chi connectivity index (χ3n) is 5.08. The molecule has 0 unspecified atom stereocenters. The van der Waals surface area contributed by atoms with Crippen LogP contribution in [0.15, 0.2) is 36.7 Å². The van der Waals surface area contributed by atoms with Crippen molar-refractivity contribution in [1.29, 1.82) is 0 Å². The van der Waals surface area contributed by atoms with Gasteiger partial charge in [-0.15, -0.1) is 0 Å². The Morgan fingerprint density at radius 2 is 1.97 bits per heavy atom. The van der Waals surface area contributed by atoms with Gasteiger partial charge in [-0.3, -0.25) is 4.79 Å². The van der Waals surface area contributed by atoms with Crippen molar-refractivity contribution in [2.75, 3.05) is 32.6 Å². The Kier molecular flexibility index (Phi) is 8.02. The van der Waals surface area contributed by atoms with E-state index in [2.05, 4.69) is 33.0 Å². The average Bonchev–Trinajstić information content (AvgIpc) is 2.79. The highest BCUT2D eigenvalue weighted by atomic mass is 35.5. The zero-order valence-electron chi connectivity index (χ0n) is 17.8. The number of carbonyl (C=O) groups is 1. The summed E-state index contributed by atoms with van der Waals surface area (Å²) in [7, 11) is 3.71. The fraction of sp³-hybridized carbons (Fsp3) is 0.318. The first kappa shape index (κ1) is 23.5. The lowest BCUT2D eigenvalue weighted by molar-refractivity contribution is -0.106. The summed E-state index contributed by atoms with van der Waals surface area (Å²) in [5, 5.41) is 3.76. The number of ether oxygens (including phenoxy) is 2. The summed E-state index contributed by atoms with van der Waals surface area (Å²) >= 11 is 5.89. The van der Waals surface area contributed by atoms with Gasteiger partial charge in [0, 0.05) is 24.5 Å². The van der Waals surface area contributed by atoms with Gasteiger partial charge in [0.15, 0.2) is 17.3 Å². The topological polar surface area (TPSA) is 103 Å². The molecule has 4 rings (SSSR count). The molecule has 0 radical (unpaired) electrons. The van der Waals surface area contributed by atoms with Crippen LogP contribution in [-0.2, 0) is 4.79 Å². The molecule has 2 aromatic carbocycles. The SMILES string of the molecule is COc1cc2ncnc(Nc3cccc(Cl)c3F)c2cc1OC1CCN(C)CC1.NC=O. The van der Waals surface area contributed by atoms with Gasteiger partial charge in [0.1, 0.15) is 18.2 Å². The molecule has 1 fully saturated rings. The standard InChI is InChI=1S/C21H22ClFN4O2.CH3NO/c1-27-8-6-13(7-9-27)29-19-10-14-17(11-18(19)28-2)24-12-25-21(14)26-16-5-3-4-15(22)20(16)23;2-1-3/h3-5,10-13H,6-9H2,1-2H3,(H,24,25,26);1H,(H2,2,3). The van der Waals surface area contributed by atoms with Crippen LogP contribution in [0.4, 0.5) is 15.9 Å². The second-order valence-corrected chi connectivity index (χ2v) is 7.63. The summed E-state index contributed by atoms with van der Waals surface area (Å²) in [6.07, 6.45) is 3.68. The number of likely N-dealkylation sites (tertiary alicyclic amines) is 1. The molecule has 0 aliphatic carbocycles. The lowest BCUT2D eigenvalue weighted by Crippen LogP contribution is -2.35. The molecular formula is C22H25ClFN5O3. The number of methoxy groups -OCH3 is 1. The zero-order chi connectivity index (χ0) is 23.1. The molecule has 170 valence electrons. The van der Waals surface area contributed by atoms with Crippen molar-refractivity contribution in [2.24, 2.45) is 5.73 Å². The molecule has 2 heterocycles. The zero-order valence-corrected chi connectivity index (χ0v) is 18.6. The van der Waals surface area contributed by atoms with E-state index in [0.29, 0.717) is 28.2 Å². The number of anilines is 2. The minimum Gasteiger partial charge on any atom is -0.493 e. The van der Waals surface area contributed by atoms with Gasteiger partial charge in [-0.05, 0) is 38.1 Å². The van der Waals surface area contributed by atoms with Crippen molar-refractivity contribution in [3.8, 4) is 11.5 Å². The van der Waals surface area contributed by atoms with Crippen molar-refractivity contribution < 1.29 is 18.7 Å². The highest BCUT2D eigenvalue weighted by molar-refractivity contribution is 6.31. The van der Waals surface area contributed by atoms with E-state index >= 15 is 0 Å². The van der Waals surface area contributed by atoms with Crippen LogP contribution in [0.25, 0.3) is 10.9 Å². The highest BCUT2D eigenvalue weighted by Crippen LogP contribution is 2.36. The lowest BCUT2D eigenvalue weighted by Gasteiger charge is -2.29. The number of hydrogen-bond donors (Lipinski definition) is 2. The lowest BCUT2D eigenvalue weighted by atomic mass is 10.1. The van der Waals surface area contributed by atoms with Crippen LogP contribution < -0.4 is 20.5 Å². The molecule has 0 spiro atoms. The van der Waals surface area contributed by atoms with Crippen LogP contribution >= 0.6 is 11.6 Å². The van der Waals surface area contributed by atoms with E-state index < -0.39 is 5.82 Å². The van der Waals surface area contributed by atoms with E-state index in [1.165, 1.54) is 12.4 Å². The van der Waals surface area contributed by atoms with Crippen LogP contribution in [0.2, 0.25) is 5.02 Å². The number of benzene rings is 2. The molecule has 0 atom stereocenters. The predicted octanol–water partition coefficient (Wildman–Crippen LogP) is 3.75. The summed E-state index contributed by atoms with van der Waals surface area (Å²) in [4.78, 5) is 19.5. The molecule has 8 nitrogen and oxygen atoms in total. The van der Waals surface area contributed by atoms with Crippen molar-refractivity contribution >= 4 is 40.4 Å². The maximum atomic E-state index is 14.3. The fourth-order valence-electron chi connectivity index (χ4n) is 3.43. The second kappa shape index (κ2) is 10.9. The summed E-state index contributed by atoms with van der Waals surface area (Å²) in [5.41, 5.74) is 5.07. The number of aromatic nitrogens is 2. The number of hydrogen-bond acceptors (Lipinski definition) is 7. The Morgan fingerprint density at radius 3 is 2.66 bits per heavy atom. The molecule has 1 aliphatic heterocycles. The van der Waals surface area contributed by atoms with E-state index in [-0.39, 0.29) is 23.2 Å². The summed E-state index contributed by atoms with van der Waals surface area (Å²) in [6.45, 7) is 1.98. The number of carbonyl (C=O) groups excluding carboxylic acids is 1. The van der Waals surface area contributed by atoms with Crippen molar-refractivity contribution in [1.82, 2.24) is 14.9 Å². The third kappa shape index (κ3) is 5.54. The maximum absolute atomic E-state index is 14.3. The first-order valence-electron chi connectivity index (χ1n) is 10.0. The largest absolute Gasteiger partial charge is 0.493 e. The minimum absolute atomic E-state index is 0.0429. The first-order valence-corrected chi connectivity index (χ1v) is 10.4. The second-order valence-electron chi connectivity index (χ2n) is 7.23. The molecule has 0 saturated carbocycles. The number of nitrogens with one attached hydrogen (secondary N) is 1. The molecule has 1 aromatic heterocycles.